The molecule has 2 nitrogen and oxygen atoms in total. The third-order valence-electron chi connectivity index (χ3n) is 4.74. The first-order valence-electron chi connectivity index (χ1n) is 9.80. The lowest BCUT2D eigenvalue weighted by molar-refractivity contribution is 0.323. The molecule has 0 aliphatic rings. The molecule has 2 aromatic rings. The minimum absolute atomic E-state index is 0.861. The van der Waals surface area contributed by atoms with Crippen molar-refractivity contribution in [3.8, 4) is 11.8 Å². The van der Waals surface area contributed by atoms with Crippen molar-refractivity contribution in [2.24, 2.45) is 0 Å². The van der Waals surface area contributed by atoms with Crippen molar-refractivity contribution in [1.82, 2.24) is 9.80 Å². The van der Waals surface area contributed by atoms with Gasteiger partial charge < -0.3 is 0 Å². The number of benzene rings is 2. The van der Waals surface area contributed by atoms with Crippen molar-refractivity contribution in [2.45, 2.75) is 26.7 Å². The fraction of sp³-hybridized carbons (Fsp3) is 0.417. The second kappa shape index (κ2) is 12.3. The molecule has 2 aromatic carbocycles. The van der Waals surface area contributed by atoms with E-state index in [4.69, 9.17) is 0 Å². The summed E-state index contributed by atoms with van der Waals surface area (Å²) < 4.78 is 0. The van der Waals surface area contributed by atoms with Crippen LogP contribution in [0.15, 0.2) is 60.7 Å². The van der Waals surface area contributed by atoms with Crippen molar-refractivity contribution in [2.75, 3.05) is 39.3 Å². The molecule has 0 aliphatic carbocycles. The molecule has 2 rings (SSSR count). The molecule has 0 aliphatic heterocycles. The highest BCUT2D eigenvalue weighted by atomic mass is 15.1. The van der Waals surface area contributed by atoms with Gasteiger partial charge in [-0.15, -0.1) is 0 Å². The van der Waals surface area contributed by atoms with Crippen molar-refractivity contribution in [1.29, 1.82) is 0 Å². The van der Waals surface area contributed by atoms with Gasteiger partial charge in [-0.1, -0.05) is 86.4 Å². The molecule has 0 atom stereocenters. The summed E-state index contributed by atoms with van der Waals surface area (Å²) >= 11 is 0. The molecule has 0 heterocycles. The van der Waals surface area contributed by atoms with E-state index in [2.05, 4.69) is 96.2 Å². The molecule has 0 spiro atoms. The van der Waals surface area contributed by atoms with Gasteiger partial charge in [0, 0.05) is 13.1 Å². The van der Waals surface area contributed by atoms with E-state index >= 15 is 0 Å². The molecule has 0 aromatic heterocycles. The summed E-state index contributed by atoms with van der Waals surface area (Å²) in [5.41, 5.74) is 2.80. The van der Waals surface area contributed by atoms with Gasteiger partial charge in [-0.25, -0.2) is 0 Å². The molecule has 0 N–H and O–H groups in total. The smallest absolute Gasteiger partial charge is 0.0602 e. The standard InChI is InChI=1S/C24H32N2/c1-3-25(21-17-23-13-7-5-8-14-23)19-11-12-20-26(4-2)22-18-24-15-9-6-10-16-24/h5-10,13-16H,3-4,17-22H2,1-2H3. The molecule has 0 saturated heterocycles. The Morgan fingerprint density at radius 2 is 1.00 bits per heavy atom. The van der Waals surface area contributed by atoms with Crippen LogP contribution in [-0.2, 0) is 12.8 Å². The van der Waals surface area contributed by atoms with Crippen LogP contribution in [0.4, 0.5) is 0 Å². The quantitative estimate of drug-likeness (QED) is 0.596. The van der Waals surface area contributed by atoms with Crippen molar-refractivity contribution < 1.29 is 0 Å². The number of nitrogens with zero attached hydrogens (tertiary/aromatic N) is 2. The van der Waals surface area contributed by atoms with E-state index in [0.717, 1.165) is 52.1 Å². The van der Waals surface area contributed by atoms with Crippen LogP contribution in [0.2, 0.25) is 0 Å². The van der Waals surface area contributed by atoms with Gasteiger partial charge in [0.1, 0.15) is 0 Å². The fourth-order valence-electron chi connectivity index (χ4n) is 2.90. The maximum Gasteiger partial charge on any atom is 0.0602 e. The van der Waals surface area contributed by atoms with E-state index in [-0.39, 0.29) is 0 Å². The molecule has 0 amide bonds. The van der Waals surface area contributed by atoms with Gasteiger partial charge >= 0.3 is 0 Å². The Labute approximate surface area is 159 Å². The third-order valence-corrected chi connectivity index (χ3v) is 4.74. The topological polar surface area (TPSA) is 6.48 Å². The Hall–Kier alpha value is -2.08. The first-order chi connectivity index (χ1) is 12.8. The van der Waals surface area contributed by atoms with Crippen molar-refractivity contribution in [3.05, 3.63) is 71.8 Å². The molecule has 0 saturated carbocycles. The lowest BCUT2D eigenvalue weighted by atomic mass is 10.1. The molecule has 0 bridgehead atoms. The molecule has 26 heavy (non-hydrogen) atoms. The minimum Gasteiger partial charge on any atom is -0.292 e. The summed E-state index contributed by atoms with van der Waals surface area (Å²) in [5, 5.41) is 0. The zero-order valence-corrected chi connectivity index (χ0v) is 16.3. The van der Waals surface area contributed by atoms with Gasteiger partial charge in [0.05, 0.1) is 13.1 Å². The Kier molecular flexibility index (Phi) is 9.57. The van der Waals surface area contributed by atoms with Crippen LogP contribution in [0.5, 0.6) is 0 Å². The number of likely N-dealkylation sites (N-methyl/N-ethyl adjacent to an activating group) is 2. The van der Waals surface area contributed by atoms with Gasteiger partial charge in [-0.05, 0) is 37.1 Å². The number of rotatable bonds is 10. The summed E-state index contributed by atoms with van der Waals surface area (Å²) in [6.07, 6.45) is 2.18. The third kappa shape index (κ3) is 7.87. The predicted octanol–water partition coefficient (Wildman–Crippen LogP) is 4.12. The Bertz CT molecular complexity index is 597. The van der Waals surface area contributed by atoms with Gasteiger partial charge in [-0.2, -0.15) is 0 Å². The van der Waals surface area contributed by atoms with Gasteiger partial charge in [0.2, 0.25) is 0 Å². The van der Waals surface area contributed by atoms with E-state index in [0.29, 0.717) is 0 Å². The van der Waals surface area contributed by atoms with E-state index in [1.807, 2.05) is 0 Å². The van der Waals surface area contributed by atoms with E-state index < -0.39 is 0 Å². The minimum atomic E-state index is 0.861. The predicted molar refractivity (Wildman–Crippen MR) is 112 cm³/mol. The van der Waals surface area contributed by atoms with Gasteiger partial charge in [0.15, 0.2) is 0 Å². The molecule has 138 valence electrons. The second-order valence-corrected chi connectivity index (χ2v) is 6.56. The van der Waals surface area contributed by atoms with Crippen LogP contribution < -0.4 is 0 Å². The zero-order chi connectivity index (χ0) is 18.5. The SMILES string of the molecule is CCN(CC#CCN(CC)CCc1ccccc1)CCc1ccccc1. The maximum absolute atomic E-state index is 3.37. The fourth-order valence-corrected chi connectivity index (χ4v) is 2.90. The van der Waals surface area contributed by atoms with Crippen molar-refractivity contribution >= 4 is 0 Å². The summed E-state index contributed by atoms with van der Waals surface area (Å²) in [5.74, 6) is 6.74. The Morgan fingerprint density at radius 1 is 0.615 bits per heavy atom. The van der Waals surface area contributed by atoms with E-state index in [1.165, 1.54) is 11.1 Å². The molecular formula is C24H32N2. The first-order valence-corrected chi connectivity index (χ1v) is 9.80. The largest absolute Gasteiger partial charge is 0.292 e. The number of hydrogen-bond acceptors (Lipinski definition) is 2. The molecular weight excluding hydrogens is 316 g/mol. The average molecular weight is 349 g/mol. The lowest BCUT2D eigenvalue weighted by Crippen LogP contribution is -2.27. The van der Waals surface area contributed by atoms with Gasteiger partial charge in [0.25, 0.3) is 0 Å². The van der Waals surface area contributed by atoms with Crippen molar-refractivity contribution in [3.63, 3.8) is 0 Å². The monoisotopic (exact) mass is 348 g/mol. The van der Waals surface area contributed by atoms with Crippen LogP contribution >= 0.6 is 0 Å². The summed E-state index contributed by atoms with van der Waals surface area (Å²) in [6.45, 7) is 10.4. The summed E-state index contributed by atoms with van der Waals surface area (Å²) in [4.78, 5) is 4.83. The molecule has 0 fully saturated rings. The highest BCUT2D eigenvalue weighted by Crippen LogP contribution is 2.02. The van der Waals surface area contributed by atoms with Crippen LogP contribution in [0.1, 0.15) is 25.0 Å². The summed E-state index contributed by atoms with van der Waals surface area (Å²) in [6, 6.07) is 21.4. The van der Waals surface area contributed by atoms with Gasteiger partial charge in [-0.3, -0.25) is 9.80 Å². The van der Waals surface area contributed by atoms with Crippen LogP contribution in [-0.4, -0.2) is 49.1 Å². The summed E-state index contributed by atoms with van der Waals surface area (Å²) in [7, 11) is 0. The normalized spacial score (nSPS) is 10.8. The molecule has 0 unspecified atom stereocenters. The maximum atomic E-state index is 3.37. The molecule has 0 radical (unpaired) electrons. The highest BCUT2D eigenvalue weighted by molar-refractivity contribution is 5.16. The number of hydrogen-bond donors (Lipinski definition) is 0. The lowest BCUT2D eigenvalue weighted by Gasteiger charge is -2.18. The average Bonchev–Trinajstić information content (AvgIpc) is 2.71. The van der Waals surface area contributed by atoms with E-state index in [1.54, 1.807) is 0 Å². The Balaban J connectivity index is 1.70. The van der Waals surface area contributed by atoms with E-state index in [9.17, 15) is 0 Å². The second-order valence-electron chi connectivity index (χ2n) is 6.56. The highest BCUT2D eigenvalue weighted by Gasteiger charge is 2.02. The van der Waals surface area contributed by atoms with Crippen LogP contribution in [0, 0.1) is 11.8 Å². The molecule has 2 heteroatoms. The Morgan fingerprint density at radius 3 is 1.35 bits per heavy atom. The first kappa shape index (κ1) is 20.2. The van der Waals surface area contributed by atoms with Crippen LogP contribution in [0.3, 0.4) is 0 Å². The zero-order valence-electron chi connectivity index (χ0n) is 16.3. The van der Waals surface area contributed by atoms with Crippen LogP contribution in [0.25, 0.3) is 0 Å².